The van der Waals surface area contributed by atoms with Crippen LogP contribution in [0.1, 0.15) is 45.6 Å². The molecule has 134 valence electrons. The summed E-state index contributed by atoms with van der Waals surface area (Å²) in [6, 6.07) is 6.28. The summed E-state index contributed by atoms with van der Waals surface area (Å²) < 4.78 is 18.4. The van der Waals surface area contributed by atoms with Gasteiger partial charge >= 0.3 is 0 Å². The predicted molar refractivity (Wildman–Crippen MR) is 101 cm³/mol. The lowest BCUT2D eigenvalue weighted by atomic mass is 9.86. The molecule has 0 saturated heterocycles. The van der Waals surface area contributed by atoms with E-state index in [1.807, 2.05) is 6.07 Å². The Kier molecular flexibility index (Phi) is 4.50. The molecule has 3 nitrogen and oxygen atoms in total. The summed E-state index contributed by atoms with van der Waals surface area (Å²) in [7, 11) is -0.00487. The van der Waals surface area contributed by atoms with Gasteiger partial charge in [0, 0.05) is 18.1 Å². The molecule has 0 unspecified atom stereocenters. The van der Waals surface area contributed by atoms with E-state index in [4.69, 9.17) is 13.9 Å². The topological polar surface area (TPSA) is 27.7 Å². The molecular formula is C20H32O3Si. The van der Waals surface area contributed by atoms with Crippen molar-refractivity contribution in [3.8, 4) is 11.5 Å². The zero-order valence-corrected chi connectivity index (χ0v) is 17.2. The van der Waals surface area contributed by atoms with E-state index in [1.54, 1.807) is 7.11 Å². The van der Waals surface area contributed by atoms with Crippen molar-refractivity contribution in [2.75, 3.05) is 13.7 Å². The van der Waals surface area contributed by atoms with Gasteiger partial charge in [-0.25, -0.2) is 0 Å². The number of rotatable bonds is 4. The van der Waals surface area contributed by atoms with Crippen LogP contribution in [0.5, 0.6) is 11.5 Å². The first kappa shape index (κ1) is 17.8. The van der Waals surface area contributed by atoms with Gasteiger partial charge in [-0.2, -0.15) is 0 Å². The van der Waals surface area contributed by atoms with Crippen LogP contribution < -0.4 is 9.47 Å². The fourth-order valence-corrected chi connectivity index (χ4v) is 4.93. The number of fused-ring (bicyclic) bond motifs is 3. The first-order valence-electron chi connectivity index (χ1n) is 9.13. The van der Waals surface area contributed by atoms with Crippen LogP contribution in [0, 0.1) is 11.8 Å². The van der Waals surface area contributed by atoms with Crippen LogP contribution in [0.25, 0.3) is 0 Å². The smallest absolute Gasteiger partial charge is 0.191 e. The Bertz CT molecular complexity index is 605. The van der Waals surface area contributed by atoms with Crippen LogP contribution in [0.2, 0.25) is 18.1 Å². The van der Waals surface area contributed by atoms with Gasteiger partial charge in [0.15, 0.2) is 19.8 Å². The molecule has 0 amide bonds. The van der Waals surface area contributed by atoms with Gasteiger partial charge in [0.25, 0.3) is 0 Å². The van der Waals surface area contributed by atoms with Crippen molar-refractivity contribution in [2.45, 2.75) is 64.3 Å². The van der Waals surface area contributed by atoms with E-state index in [-0.39, 0.29) is 11.1 Å². The summed E-state index contributed by atoms with van der Waals surface area (Å²) in [6.45, 7) is 14.8. The zero-order valence-electron chi connectivity index (χ0n) is 16.2. The maximum absolute atomic E-state index is 6.58. The second kappa shape index (κ2) is 6.06. The van der Waals surface area contributed by atoms with E-state index < -0.39 is 8.32 Å². The van der Waals surface area contributed by atoms with E-state index in [9.17, 15) is 0 Å². The normalized spacial score (nSPS) is 29.1. The van der Waals surface area contributed by atoms with Crippen LogP contribution in [0.4, 0.5) is 0 Å². The highest BCUT2D eigenvalue weighted by molar-refractivity contribution is 6.74. The Balaban J connectivity index is 1.82. The Hall–Kier alpha value is -1.00. The second-order valence-electron chi connectivity index (χ2n) is 9.01. The Morgan fingerprint density at radius 1 is 1.25 bits per heavy atom. The third-order valence-corrected chi connectivity index (χ3v) is 11.0. The van der Waals surface area contributed by atoms with Crippen molar-refractivity contribution in [2.24, 2.45) is 11.8 Å². The van der Waals surface area contributed by atoms with Crippen LogP contribution in [0.15, 0.2) is 18.2 Å². The lowest BCUT2D eigenvalue weighted by Crippen LogP contribution is -2.42. The van der Waals surface area contributed by atoms with Crippen molar-refractivity contribution in [1.82, 2.24) is 0 Å². The molecule has 1 aromatic rings. The van der Waals surface area contributed by atoms with Gasteiger partial charge in [0.2, 0.25) is 0 Å². The first-order valence-corrected chi connectivity index (χ1v) is 12.0. The van der Waals surface area contributed by atoms with Gasteiger partial charge in [-0.3, -0.25) is 0 Å². The predicted octanol–water partition coefficient (Wildman–Crippen LogP) is 5.22. The van der Waals surface area contributed by atoms with Gasteiger partial charge < -0.3 is 13.9 Å². The molecule has 0 aromatic heterocycles. The van der Waals surface area contributed by atoms with Gasteiger partial charge in [0.05, 0.1) is 7.11 Å². The second-order valence-corrected chi connectivity index (χ2v) is 13.8. The van der Waals surface area contributed by atoms with Gasteiger partial charge in [-0.1, -0.05) is 39.8 Å². The number of methoxy groups -OCH3 is 1. The Labute approximate surface area is 147 Å². The molecule has 1 saturated carbocycles. The summed E-state index contributed by atoms with van der Waals surface area (Å²) in [5.41, 5.74) is 1.31. The maximum Gasteiger partial charge on any atom is 0.191 e. The van der Waals surface area contributed by atoms with Gasteiger partial charge in [0.1, 0.15) is 6.10 Å². The molecule has 4 atom stereocenters. The number of benzene rings is 1. The third-order valence-electron chi connectivity index (χ3n) is 6.50. The van der Waals surface area contributed by atoms with E-state index in [0.29, 0.717) is 17.8 Å². The molecule has 1 aliphatic heterocycles. The van der Waals surface area contributed by atoms with Crippen LogP contribution in [0.3, 0.4) is 0 Å². The van der Waals surface area contributed by atoms with Crippen LogP contribution in [-0.4, -0.2) is 28.1 Å². The monoisotopic (exact) mass is 348 g/mol. The molecule has 0 radical (unpaired) electrons. The number of ether oxygens (including phenoxy) is 2. The maximum atomic E-state index is 6.58. The molecule has 0 bridgehead atoms. The molecule has 1 aliphatic carbocycles. The highest BCUT2D eigenvalue weighted by Gasteiger charge is 2.50. The van der Waals surface area contributed by atoms with Crippen molar-refractivity contribution in [3.05, 3.63) is 23.8 Å². The van der Waals surface area contributed by atoms with E-state index in [2.05, 4.69) is 52.9 Å². The molecule has 1 aromatic carbocycles. The number of para-hydroxylation sites is 1. The standard InChI is InChI=1S/C20H32O3Si/c1-13-11-17-18(14-9-8-10-16(21-5)19(14)23-17)15(13)12-22-24(6,7)20(2,3)4/h8-10,13,15,17-18H,11-12H2,1-7H3/t13-,15+,17+,18-/m1/s1. The minimum absolute atomic E-state index is 0.252. The number of hydrogen-bond acceptors (Lipinski definition) is 3. The third kappa shape index (κ3) is 2.88. The summed E-state index contributed by atoms with van der Waals surface area (Å²) in [4.78, 5) is 0. The fraction of sp³-hybridized carbons (Fsp3) is 0.700. The molecule has 24 heavy (non-hydrogen) atoms. The summed E-state index contributed by atoms with van der Waals surface area (Å²) >= 11 is 0. The quantitative estimate of drug-likeness (QED) is 0.698. The molecule has 0 spiro atoms. The molecule has 1 fully saturated rings. The highest BCUT2D eigenvalue weighted by Crippen LogP contribution is 2.55. The van der Waals surface area contributed by atoms with Crippen LogP contribution in [-0.2, 0) is 4.43 Å². The van der Waals surface area contributed by atoms with E-state index in [1.165, 1.54) is 5.56 Å². The Morgan fingerprint density at radius 2 is 1.96 bits per heavy atom. The van der Waals surface area contributed by atoms with Crippen molar-refractivity contribution < 1.29 is 13.9 Å². The molecule has 0 N–H and O–H groups in total. The SMILES string of the molecule is COc1cccc2c1O[C@H]1C[C@@H](C)[C@H](CO[Si](C)(C)C(C)(C)C)[C@@H]21. The Morgan fingerprint density at radius 3 is 2.58 bits per heavy atom. The lowest BCUT2D eigenvalue weighted by Gasteiger charge is -2.38. The average Bonchev–Trinajstić information content (AvgIpc) is 2.98. The molecule has 3 rings (SSSR count). The molecule has 4 heteroatoms. The average molecular weight is 349 g/mol. The van der Waals surface area contributed by atoms with Crippen molar-refractivity contribution >= 4 is 8.32 Å². The van der Waals surface area contributed by atoms with Gasteiger partial charge in [-0.15, -0.1) is 0 Å². The highest BCUT2D eigenvalue weighted by atomic mass is 28.4. The summed E-state index contributed by atoms with van der Waals surface area (Å²) in [5.74, 6) is 3.41. The minimum atomic E-state index is -1.72. The zero-order chi connectivity index (χ0) is 17.7. The van der Waals surface area contributed by atoms with Crippen molar-refractivity contribution in [3.63, 3.8) is 0 Å². The van der Waals surface area contributed by atoms with E-state index >= 15 is 0 Å². The first-order chi connectivity index (χ1) is 11.2. The van der Waals surface area contributed by atoms with Crippen LogP contribution >= 0.6 is 0 Å². The van der Waals surface area contributed by atoms with Crippen molar-refractivity contribution in [1.29, 1.82) is 0 Å². The lowest BCUT2D eigenvalue weighted by molar-refractivity contribution is 0.179. The summed E-state index contributed by atoms with van der Waals surface area (Å²) in [6.07, 6.45) is 1.38. The summed E-state index contributed by atoms with van der Waals surface area (Å²) in [5, 5.41) is 0.252. The van der Waals surface area contributed by atoms with E-state index in [0.717, 1.165) is 24.5 Å². The van der Waals surface area contributed by atoms with Gasteiger partial charge in [-0.05, 0) is 42.5 Å². The minimum Gasteiger partial charge on any atom is -0.493 e. The largest absolute Gasteiger partial charge is 0.493 e. The molecule has 1 heterocycles. The fourth-order valence-electron chi connectivity index (χ4n) is 3.89. The molecule has 2 aliphatic rings. The number of hydrogen-bond donors (Lipinski definition) is 0. The molecular weight excluding hydrogens is 316 g/mol.